The second-order valence-electron chi connectivity index (χ2n) is 5.07. The summed E-state index contributed by atoms with van der Waals surface area (Å²) in [5.74, 6) is -0.598. The number of benzene rings is 2. The van der Waals surface area contributed by atoms with Crippen molar-refractivity contribution in [3.05, 3.63) is 63.1 Å². The van der Waals surface area contributed by atoms with Crippen molar-refractivity contribution in [1.82, 2.24) is 0 Å². The van der Waals surface area contributed by atoms with Crippen molar-refractivity contribution >= 4 is 47.4 Å². The molecule has 0 aliphatic rings. The Morgan fingerprint density at radius 3 is 2.50 bits per heavy atom. The lowest BCUT2D eigenvalue weighted by Gasteiger charge is -2.11. The lowest BCUT2D eigenvalue weighted by atomic mass is 10.0. The Hall–Kier alpha value is -1.79. The van der Waals surface area contributed by atoms with Crippen LogP contribution in [0.5, 0.6) is 5.75 Å². The summed E-state index contributed by atoms with van der Waals surface area (Å²) in [7, 11) is 0. The van der Waals surface area contributed by atoms with E-state index in [1.807, 2.05) is 6.07 Å². The van der Waals surface area contributed by atoms with Gasteiger partial charge in [-0.1, -0.05) is 41.4 Å². The van der Waals surface area contributed by atoms with Gasteiger partial charge in [0.25, 0.3) is 0 Å². The summed E-state index contributed by atoms with van der Waals surface area (Å²) in [4.78, 5) is 24.0. The van der Waals surface area contributed by atoms with E-state index in [0.29, 0.717) is 12.1 Å². The monoisotopic (exact) mass is 417 g/mol. The van der Waals surface area contributed by atoms with Crippen molar-refractivity contribution < 1.29 is 19.1 Å². The van der Waals surface area contributed by atoms with E-state index in [-0.39, 0.29) is 52.8 Å². The molecule has 0 radical (unpaired) electrons. The molecule has 0 bridgehead atoms. The first kappa shape index (κ1) is 22.3. The number of rotatable bonds is 7. The highest BCUT2D eigenvalue weighted by molar-refractivity contribution is 6.45. The van der Waals surface area contributed by atoms with Crippen LogP contribution in [0, 0.1) is 0 Å². The van der Waals surface area contributed by atoms with Gasteiger partial charge < -0.3 is 15.2 Å². The standard InChI is InChI=1S/C18H17Cl2NO4.ClH/c1-2-24-15(22)10-25-14-7-6-13(16(19)17(14)20)18(23)12-5-3-4-11(8-12)9-21;/h3-8H,2,9-10,21H2,1H3;1H. The normalized spacial score (nSPS) is 10.0. The van der Waals surface area contributed by atoms with Crippen LogP contribution in [-0.2, 0) is 16.1 Å². The van der Waals surface area contributed by atoms with Gasteiger partial charge in [0, 0.05) is 17.7 Å². The third-order valence-electron chi connectivity index (χ3n) is 3.37. The first-order valence-electron chi connectivity index (χ1n) is 7.58. The molecule has 0 aliphatic heterocycles. The van der Waals surface area contributed by atoms with Crippen LogP contribution in [0.2, 0.25) is 10.0 Å². The third-order valence-corrected chi connectivity index (χ3v) is 4.23. The van der Waals surface area contributed by atoms with Crippen LogP contribution in [0.15, 0.2) is 36.4 Å². The van der Waals surface area contributed by atoms with E-state index in [4.69, 9.17) is 38.4 Å². The molecule has 0 amide bonds. The van der Waals surface area contributed by atoms with Gasteiger partial charge in [-0.15, -0.1) is 12.4 Å². The topological polar surface area (TPSA) is 78.6 Å². The fourth-order valence-corrected chi connectivity index (χ4v) is 2.61. The molecule has 0 atom stereocenters. The van der Waals surface area contributed by atoms with Crippen LogP contribution >= 0.6 is 35.6 Å². The summed E-state index contributed by atoms with van der Waals surface area (Å²) >= 11 is 12.4. The second-order valence-corrected chi connectivity index (χ2v) is 5.82. The highest BCUT2D eigenvalue weighted by atomic mass is 35.5. The van der Waals surface area contributed by atoms with Gasteiger partial charge in [-0.3, -0.25) is 4.79 Å². The molecule has 140 valence electrons. The predicted molar refractivity (Wildman–Crippen MR) is 104 cm³/mol. The number of nitrogens with two attached hydrogens (primary N) is 1. The summed E-state index contributed by atoms with van der Waals surface area (Å²) in [6.45, 7) is 1.99. The average Bonchev–Trinajstić information content (AvgIpc) is 2.62. The van der Waals surface area contributed by atoms with E-state index in [9.17, 15) is 9.59 Å². The Labute approximate surface area is 167 Å². The molecule has 0 saturated heterocycles. The molecule has 26 heavy (non-hydrogen) atoms. The number of carbonyl (C=O) groups excluding carboxylic acids is 2. The van der Waals surface area contributed by atoms with E-state index < -0.39 is 5.97 Å². The number of hydrogen-bond acceptors (Lipinski definition) is 5. The van der Waals surface area contributed by atoms with Crippen LogP contribution in [0.25, 0.3) is 0 Å². The van der Waals surface area contributed by atoms with E-state index in [1.54, 1.807) is 25.1 Å². The molecule has 0 unspecified atom stereocenters. The van der Waals surface area contributed by atoms with Gasteiger partial charge in [0.05, 0.1) is 11.6 Å². The molecule has 2 rings (SSSR count). The Balaban J connectivity index is 0.00000338. The van der Waals surface area contributed by atoms with Crippen molar-refractivity contribution in [1.29, 1.82) is 0 Å². The Kier molecular flexibility index (Phi) is 8.88. The molecule has 0 aliphatic carbocycles. The number of halogens is 3. The molecular formula is C18H18Cl3NO4. The first-order chi connectivity index (χ1) is 12.0. The zero-order valence-electron chi connectivity index (χ0n) is 14.0. The zero-order chi connectivity index (χ0) is 18.4. The van der Waals surface area contributed by atoms with Crippen LogP contribution < -0.4 is 10.5 Å². The number of carbonyl (C=O) groups is 2. The zero-order valence-corrected chi connectivity index (χ0v) is 16.3. The summed E-state index contributed by atoms with van der Waals surface area (Å²) in [6, 6.07) is 9.97. The molecule has 0 aromatic heterocycles. The molecule has 0 spiro atoms. The van der Waals surface area contributed by atoms with Gasteiger partial charge in [-0.05, 0) is 30.7 Å². The maximum atomic E-state index is 12.7. The highest BCUT2D eigenvalue weighted by Crippen LogP contribution is 2.35. The summed E-state index contributed by atoms with van der Waals surface area (Å²) in [6.07, 6.45) is 0. The number of ether oxygens (including phenoxy) is 2. The van der Waals surface area contributed by atoms with Crippen LogP contribution in [0.4, 0.5) is 0 Å². The minimum atomic E-state index is -0.520. The molecule has 2 aromatic rings. The molecular weight excluding hydrogens is 401 g/mol. The van der Waals surface area contributed by atoms with Crippen LogP contribution in [0.1, 0.15) is 28.4 Å². The lowest BCUT2D eigenvalue weighted by Crippen LogP contribution is -2.15. The maximum absolute atomic E-state index is 12.7. The van der Waals surface area contributed by atoms with Gasteiger partial charge in [0.1, 0.15) is 10.8 Å². The molecule has 2 aromatic carbocycles. The van der Waals surface area contributed by atoms with Crippen molar-refractivity contribution in [2.45, 2.75) is 13.5 Å². The molecule has 2 N–H and O–H groups in total. The lowest BCUT2D eigenvalue weighted by molar-refractivity contribution is -0.145. The summed E-state index contributed by atoms with van der Waals surface area (Å²) in [5, 5.41) is 0.123. The van der Waals surface area contributed by atoms with Crippen molar-refractivity contribution in [3.8, 4) is 5.75 Å². The quantitative estimate of drug-likeness (QED) is 0.542. The SMILES string of the molecule is CCOC(=O)COc1ccc(C(=O)c2cccc(CN)c2)c(Cl)c1Cl.Cl. The maximum Gasteiger partial charge on any atom is 0.344 e. The Morgan fingerprint density at radius 2 is 1.85 bits per heavy atom. The molecule has 0 fully saturated rings. The Morgan fingerprint density at radius 1 is 1.12 bits per heavy atom. The Bertz CT molecular complexity index is 796. The van der Waals surface area contributed by atoms with Gasteiger partial charge in [-0.2, -0.15) is 0 Å². The van der Waals surface area contributed by atoms with E-state index >= 15 is 0 Å². The van der Waals surface area contributed by atoms with Gasteiger partial charge >= 0.3 is 5.97 Å². The van der Waals surface area contributed by atoms with Crippen LogP contribution in [0.3, 0.4) is 0 Å². The van der Waals surface area contributed by atoms with E-state index in [0.717, 1.165) is 5.56 Å². The van der Waals surface area contributed by atoms with Crippen LogP contribution in [-0.4, -0.2) is 25.0 Å². The minimum Gasteiger partial charge on any atom is -0.480 e. The van der Waals surface area contributed by atoms with Gasteiger partial charge in [0.15, 0.2) is 12.4 Å². The summed E-state index contributed by atoms with van der Waals surface area (Å²) in [5.41, 5.74) is 7.13. The molecule has 0 saturated carbocycles. The smallest absolute Gasteiger partial charge is 0.344 e. The van der Waals surface area contributed by atoms with E-state index in [1.165, 1.54) is 12.1 Å². The minimum absolute atomic E-state index is 0. The molecule has 8 heteroatoms. The fraction of sp³-hybridized carbons (Fsp3) is 0.222. The third kappa shape index (κ3) is 5.35. The number of esters is 1. The first-order valence-corrected chi connectivity index (χ1v) is 8.33. The fourth-order valence-electron chi connectivity index (χ4n) is 2.15. The van der Waals surface area contributed by atoms with E-state index in [2.05, 4.69) is 0 Å². The largest absolute Gasteiger partial charge is 0.480 e. The van der Waals surface area contributed by atoms with Crippen molar-refractivity contribution in [2.24, 2.45) is 5.73 Å². The summed E-state index contributed by atoms with van der Waals surface area (Å²) < 4.78 is 10.1. The molecule has 0 heterocycles. The number of ketones is 1. The van der Waals surface area contributed by atoms with Crippen molar-refractivity contribution in [3.63, 3.8) is 0 Å². The average molecular weight is 419 g/mol. The van der Waals surface area contributed by atoms with Gasteiger partial charge in [-0.25, -0.2) is 4.79 Å². The second kappa shape index (κ2) is 10.4. The highest BCUT2D eigenvalue weighted by Gasteiger charge is 2.19. The van der Waals surface area contributed by atoms with Gasteiger partial charge in [0.2, 0.25) is 0 Å². The predicted octanol–water partition coefficient (Wildman–Crippen LogP) is 4.05. The van der Waals surface area contributed by atoms with Crippen molar-refractivity contribution in [2.75, 3.05) is 13.2 Å². The molecule has 5 nitrogen and oxygen atoms in total. The number of hydrogen-bond donors (Lipinski definition) is 1.